The van der Waals surface area contributed by atoms with E-state index in [4.69, 9.17) is 0 Å². The van der Waals surface area contributed by atoms with E-state index >= 15 is 0 Å². The molecule has 186 valence electrons. The number of nitrogens with zero attached hydrogens (tertiary/aromatic N) is 2. The lowest BCUT2D eigenvalue weighted by Gasteiger charge is -2.22. The highest BCUT2D eigenvalue weighted by molar-refractivity contribution is 5.88. The number of aromatic amines is 1. The first kappa shape index (κ1) is 24.0. The summed E-state index contributed by atoms with van der Waals surface area (Å²) in [5, 5.41) is 22.2. The van der Waals surface area contributed by atoms with Crippen LogP contribution in [0.3, 0.4) is 0 Å². The van der Waals surface area contributed by atoms with Crippen LogP contribution in [0.1, 0.15) is 28.3 Å². The van der Waals surface area contributed by atoms with Gasteiger partial charge in [0.1, 0.15) is 11.5 Å². The summed E-state index contributed by atoms with van der Waals surface area (Å²) in [6.45, 7) is 0. The van der Waals surface area contributed by atoms with Crippen molar-refractivity contribution in [3.8, 4) is 17.6 Å². The van der Waals surface area contributed by atoms with Crippen molar-refractivity contribution in [1.29, 1.82) is 5.26 Å². The molecule has 2 aromatic heterocycles. The van der Waals surface area contributed by atoms with E-state index in [1.54, 1.807) is 31.3 Å². The van der Waals surface area contributed by atoms with Crippen LogP contribution in [-0.4, -0.2) is 21.0 Å². The fourth-order valence-electron chi connectivity index (χ4n) is 4.84. The Labute approximate surface area is 208 Å². The maximum Gasteiger partial charge on any atom is 0.573 e. The van der Waals surface area contributed by atoms with Crippen LogP contribution < -0.4 is 10.3 Å². The number of nitrogens with one attached hydrogen (secondary N) is 1. The van der Waals surface area contributed by atoms with Crippen molar-refractivity contribution in [3.63, 3.8) is 0 Å². The lowest BCUT2D eigenvalue weighted by molar-refractivity contribution is -0.274. The van der Waals surface area contributed by atoms with Crippen molar-refractivity contribution in [2.24, 2.45) is 7.05 Å². The average Bonchev–Trinajstić information content (AvgIpc) is 3.23. The number of fused-ring (bicyclic) bond motifs is 2. The first-order chi connectivity index (χ1) is 17.7. The van der Waals surface area contributed by atoms with Gasteiger partial charge in [0.15, 0.2) is 0 Å². The van der Waals surface area contributed by atoms with Crippen LogP contribution in [0.25, 0.3) is 21.8 Å². The second-order valence-corrected chi connectivity index (χ2v) is 8.59. The van der Waals surface area contributed by atoms with Gasteiger partial charge < -0.3 is 19.4 Å². The predicted molar refractivity (Wildman–Crippen MR) is 133 cm³/mol. The van der Waals surface area contributed by atoms with Crippen LogP contribution in [0.5, 0.6) is 11.5 Å². The zero-order chi connectivity index (χ0) is 26.3. The molecule has 0 aliphatic heterocycles. The second kappa shape index (κ2) is 9.06. The van der Waals surface area contributed by atoms with Gasteiger partial charge in [0.25, 0.3) is 5.56 Å². The SMILES string of the molecule is Cn1c(=O)c(C(c2ccc(OC(F)(F)F)cc2)c2[nH]c3ccccc3c2CC#N)c(O)c2ccccc21. The summed E-state index contributed by atoms with van der Waals surface area (Å²) in [7, 11) is 1.59. The van der Waals surface area contributed by atoms with Crippen LogP contribution in [-0.2, 0) is 13.5 Å². The molecular weight excluding hydrogens is 483 g/mol. The van der Waals surface area contributed by atoms with Crippen LogP contribution >= 0.6 is 0 Å². The predicted octanol–water partition coefficient (Wildman–Crippen LogP) is 5.87. The molecule has 0 amide bonds. The summed E-state index contributed by atoms with van der Waals surface area (Å²) in [6, 6.07) is 21.5. The van der Waals surface area contributed by atoms with E-state index < -0.39 is 23.6 Å². The van der Waals surface area contributed by atoms with E-state index in [-0.39, 0.29) is 17.7 Å². The van der Waals surface area contributed by atoms with Crippen molar-refractivity contribution < 1.29 is 23.0 Å². The molecular formula is C28H20F3N3O3. The Morgan fingerprint density at radius 1 is 1.03 bits per heavy atom. The van der Waals surface area contributed by atoms with Crippen LogP contribution in [0.15, 0.2) is 77.6 Å². The first-order valence-electron chi connectivity index (χ1n) is 11.3. The van der Waals surface area contributed by atoms with E-state index in [2.05, 4.69) is 15.8 Å². The van der Waals surface area contributed by atoms with Crippen molar-refractivity contribution in [2.45, 2.75) is 18.7 Å². The number of hydrogen-bond acceptors (Lipinski definition) is 4. The standard InChI is InChI=1S/C28H20F3N3O3/c1-34-22-9-5-3-7-20(22)26(35)24(27(34)36)23(16-10-12-17(13-11-16)37-28(29,30)31)25-19(14-15-32)18-6-2-4-8-21(18)33-25/h2-13,23,33,35H,14H2,1H3. The van der Waals surface area contributed by atoms with Gasteiger partial charge in [-0.2, -0.15) is 5.26 Å². The van der Waals surface area contributed by atoms with E-state index in [1.807, 2.05) is 24.3 Å². The van der Waals surface area contributed by atoms with Gasteiger partial charge in [0, 0.05) is 29.0 Å². The zero-order valence-corrected chi connectivity index (χ0v) is 19.5. The van der Waals surface area contributed by atoms with E-state index in [0.29, 0.717) is 27.7 Å². The Morgan fingerprint density at radius 3 is 2.35 bits per heavy atom. The number of pyridine rings is 1. The lowest BCUT2D eigenvalue weighted by Crippen LogP contribution is -2.25. The maximum atomic E-state index is 13.7. The quantitative estimate of drug-likeness (QED) is 0.314. The van der Waals surface area contributed by atoms with Gasteiger partial charge in [-0.1, -0.05) is 42.5 Å². The number of alkyl halides is 3. The molecule has 0 spiro atoms. The Hall–Kier alpha value is -4.71. The fourth-order valence-corrected chi connectivity index (χ4v) is 4.84. The normalized spacial score (nSPS) is 12.5. The molecule has 0 saturated carbocycles. The Morgan fingerprint density at radius 2 is 1.68 bits per heavy atom. The first-order valence-corrected chi connectivity index (χ1v) is 11.3. The maximum absolute atomic E-state index is 13.7. The molecule has 9 heteroatoms. The lowest BCUT2D eigenvalue weighted by atomic mass is 9.85. The average molecular weight is 503 g/mol. The summed E-state index contributed by atoms with van der Waals surface area (Å²) < 4.78 is 43.7. The number of benzene rings is 3. The van der Waals surface area contributed by atoms with Crippen molar-refractivity contribution in [1.82, 2.24) is 9.55 Å². The van der Waals surface area contributed by atoms with Gasteiger partial charge in [-0.25, -0.2) is 0 Å². The molecule has 0 saturated heterocycles. The Bertz CT molecular complexity index is 1730. The number of ether oxygens (including phenoxy) is 1. The number of rotatable bonds is 5. The van der Waals surface area contributed by atoms with Crippen LogP contribution in [0.2, 0.25) is 0 Å². The molecule has 0 aliphatic rings. The van der Waals surface area contributed by atoms with Crippen molar-refractivity contribution in [2.75, 3.05) is 0 Å². The highest BCUT2D eigenvalue weighted by Crippen LogP contribution is 2.41. The monoisotopic (exact) mass is 503 g/mol. The molecule has 2 heterocycles. The summed E-state index contributed by atoms with van der Waals surface area (Å²) in [5.74, 6) is -1.57. The Kier molecular flexibility index (Phi) is 5.88. The van der Waals surface area contributed by atoms with Gasteiger partial charge in [-0.3, -0.25) is 4.79 Å². The number of hydrogen-bond donors (Lipinski definition) is 2. The van der Waals surface area contributed by atoms with Crippen molar-refractivity contribution in [3.05, 3.63) is 106 Å². The minimum absolute atomic E-state index is 0.0137. The van der Waals surface area contributed by atoms with E-state index in [9.17, 15) is 28.3 Å². The highest BCUT2D eigenvalue weighted by Gasteiger charge is 2.32. The summed E-state index contributed by atoms with van der Waals surface area (Å²) in [5.41, 5.74) is 2.37. The van der Waals surface area contributed by atoms with Gasteiger partial charge in [-0.05, 0) is 41.5 Å². The van der Waals surface area contributed by atoms with E-state index in [1.165, 1.54) is 16.7 Å². The van der Waals surface area contributed by atoms with Crippen LogP contribution in [0, 0.1) is 11.3 Å². The van der Waals surface area contributed by atoms with Gasteiger partial charge >= 0.3 is 6.36 Å². The zero-order valence-electron chi connectivity index (χ0n) is 19.5. The molecule has 0 radical (unpaired) electrons. The van der Waals surface area contributed by atoms with E-state index in [0.717, 1.165) is 23.0 Å². The molecule has 0 bridgehead atoms. The third kappa shape index (κ3) is 4.27. The molecule has 0 aliphatic carbocycles. The molecule has 2 N–H and O–H groups in total. The Balaban J connectivity index is 1.82. The number of aromatic hydroxyl groups is 1. The largest absolute Gasteiger partial charge is 0.573 e. The minimum Gasteiger partial charge on any atom is -0.507 e. The smallest absolute Gasteiger partial charge is 0.507 e. The topological polar surface area (TPSA) is 91.0 Å². The molecule has 5 aromatic rings. The van der Waals surface area contributed by atoms with Gasteiger partial charge in [-0.15, -0.1) is 13.2 Å². The molecule has 37 heavy (non-hydrogen) atoms. The minimum atomic E-state index is -4.86. The number of aryl methyl sites for hydroxylation is 1. The molecule has 1 atom stereocenters. The third-order valence-electron chi connectivity index (χ3n) is 6.44. The highest BCUT2D eigenvalue weighted by atomic mass is 19.4. The molecule has 6 nitrogen and oxygen atoms in total. The molecule has 5 rings (SSSR count). The summed E-state index contributed by atoms with van der Waals surface area (Å²) >= 11 is 0. The number of nitriles is 1. The summed E-state index contributed by atoms with van der Waals surface area (Å²) in [6.07, 6.45) is -4.84. The molecule has 3 aromatic carbocycles. The number of halogens is 3. The number of aromatic nitrogens is 2. The second-order valence-electron chi connectivity index (χ2n) is 8.59. The van der Waals surface area contributed by atoms with Crippen LogP contribution in [0.4, 0.5) is 13.2 Å². The summed E-state index contributed by atoms with van der Waals surface area (Å²) in [4.78, 5) is 17.0. The number of H-pyrrole nitrogens is 1. The number of para-hydroxylation sites is 2. The molecule has 1 unspecified atom stereocenters. The van der Waals surface area contributed by atoms with Gasteiger partial charge in [0.2, 0.25) is 0 Å². The van der Waals surface area contributed by atoms with Gasteiger partial charge in [0.05, 0.1) is 29.5 Å². The van der Waals surface area contributed by atoms with Crippen molar-refractivity contribution >= 4 is 21.8 Å². The fraction of sp³-hybridized carbons (Fsp3) is 0.143. The third-order valence-corrected chi connectivity index (χ3v) is 6.44. The molecule has 0 fully saturated rings.